The average molecular weight is 375 g/mol. The van der Waals surface area contributed by atoms with Crippen molar-refractivity contribution >= 4 is 0 Å². The van der Waals surface area contributed by atoms with E-state index in [1.54, 1.807) is 6.42 Å². The minimum atomic E-state index is -0.00120. The van der Waals surface area contributed by atoms with Gasteiger partial charge in [0.05, 0.1) is 12.2 Å². The molecule has 4 saturated carbocycles. The van der Waals surface area contributed by atoms with Gasteiger partial charge in [0.25, 0.3) is 0 Å². The SMILES string of the molecule is CC(COC(C)(C)C)[C@H]1CC[C@H]2[C@@H]3CC[C@H]4CCCC[C@]4(C)[C@H]3CC[C@]12C. The van der Waals surface area contributed by atoms with Gasteiger partial charge in [-0.05, 0) is 118 Å². The third-order valence-corrected chi connectivity index (χ3v) is 10.1. The molecular formula is C26H46O. The van der Waals surface area contributed by atoms with Crippen LogP contribution in [-0.4, -0.2) is 12.2 Å². The van der Waals surface area contributed by atoms with E-state index in [2.05, 4.69) is 41.5 Å². The van der Waals surface area contributed by atoms with Crippen LogP contribution in [0.25, 0.3) is 0 Å². The van der Waals surface area contributed by atoms with Crippen LogP contribution in [0.5, 0.6) is 0 Å². The molecule has 1 unspecified atom stereocenters. The molecule has 27 heavy (non-hydrogen) atoms. The van der Waals surface area contributed by atoms with E-state index in [1.807, 2.05) is 0 Å². The second-order valence-electron chi connectivity index (χ2n) is 12.5. The molecule has 4 aliphatic rings. The van der Waals surface area contributed by atoms with Gasteiger partial charge in [0.1, 0.15) is 0 Å². The highest BCUT2D eigenvalue weighted by Crippen LogP contribution is 2.68. The molecule has 0 aromatic heterocycles. The molecule has 1 nitrogen and oxygen atoms in total. The summed E-state index contributed by atoms with van der Waals surface area (Å²) in [5.41, 5.74) is 1.26. The summed E-state index contributed by atoms with van der Waals surface area (Å²) in [7, 11) is 0. The maximum absolute atomic E-state index is 6.22. The van der Waals surface area contributed by atoms with E-state index in [0.717, 1.165) is 36.2 Å². The first-order chi connectivity index (χ1) is 12.7. The van der Waals surface area contributed by atoms with Crippen LogP contribution in [0, 0.1) is 46.3 Å². The van der Waals surface area contributed by atoms with Crippen molar-refractivity contribution in [3.63, 3.8) is 0 Å². The lowest BCUT2D eigenvalue weighted by Crippen LogP contribution is -2.53. The lowest BCUT2D eigenvalue weighted by atomic mass is 9.44. The van der Waals surface area contributed by atoms with Crippen LogP contribution in [0.4, 0.5) is 0 Å². The van der Waals surface area contributed by atoms with Gasteiger partial charge in [-0.1, -0.05) is 33.6 Å². The molecule has 0 radical (unpaired) electrons. The van der Waals surface area contributed by atoms with E-state index in [0.29, 0.717) is 16.7 Å². The third kappa shape index (κ3) is 3.43. The maximum Gasteiger partial charge on any atom is 0.0598 e. The van der Waals surface area contributed by atoms with Gasteiger partial charge in [0.2, 0.25) is 0 Å². The Kier molecular flexibility index (Phi) is 5.27. The van der Waals surface area contributed by atoms with Crippen LogP contribution < -0.4 is 0 Å². The first-order valence-electron chi connectivity index (χ1n) is 12.3. The number of ether oxygens (including phenoxy) is 1. The van der Waals surface area contributed by atoms with Crippen molar-refractivity contribution in [1.82, 2.24) is 0 Å². The molecule has 0 bridgehead atoms. The first kappa shape index (κ1) is 20.2. The fourth-order valence-electron chi connectivity index (χ4n) is 8.77. The molecular weight excluding hydrogens is 328 g/mol. The molecule has 4 aliphatic carbocycles. The Morgan fingerprint density at radius 2 is 1.59 bits per heavy atom. The van der Waals surface area contributed by atoms with Crippen molar-refractivity contribution in [3.05, 3.63) is 0 Å². The number of rotatable bonds is 3. The fraction of sp³-hybridized carbons (Fsp3) is 1.00. The summed E-state index contributed by atoms with van der Waals surface area (Å²) in [6, 6.07) is 0. The van der Waals surface area contributed by atoms with Crippen LogP contribution in [0.2, 0.25) is 0 Å². The maximum atomic E-state index is 6.22. The smallest absolute Gasteiger partial charge is 0.0598 e. The summed E-state index contributed by atoms with van der Waals surface area (Å²) in [6.07, 6.45) is 15.1. The molecule has 0 heterocycles. The molecule has 0 spiro atoms. The number of fused-ring (bicyclic) bond motifs is 5. The third-order valence-electron chi connectivity index (χ3n) is 10.1. The van der Waals surface area contributed by atoms with Crippen molar-refractivity contribution in [2.75, 3.05) is 6.61 Å². The molecule has 8 atom stereocenters. The van der Waals surface area contributed by atoms with Crippen LogP contribution in [0.3, 0.4) is 0 Å². The number of hydrogen-bond acceptors (Lipinski definition) is 1. The Balaban J connectivity index is 1.49. The molecule has 0 aliphatic heterocycles. The number of hydrogen-bond donors (Lipinski definition) is 0. The highest BCUT2D eigenvalue weighted by molar-refractivity contribution is 5.09. The summed E-state index contributed by atoms with van der Waals surface area (Å²) >= 11 is 0. The zero-order valence-corrected chi connectivity index (χ0v) is 19.2. The lowest BCUT2D eigenvalue weighted by molar-refractivity contribution is -0.119. The molecule has 0 amide bonds. The Morgan fingerprint density at radius 3 is 2.33 bits per heavy atom. The molecule has 156 valence electrons. The van der Waals surface area contributed by atoms with Gasteiger partial charge in [-0.2, -0.15) is 0 Å². The van der Waals surface area contributed by atoms with E-state index in [9.17, 15) is 0 Å². The largest absolute Gasteiger partial charge is 0.376 e. The zero-order valence-electron chi connectivity index (χ0n) is 19.2. The van der Waals surface area contributed by atoms with Gasteiger partial charge in [0.15, 0.2) is 0 Å². The van der Waals surface area contributed by atoms with Crippen molar-refractivity contribution in [2.24, 2.45) is 46.3 Å². The van der Waals surface area contributed by atoms with Gasteiger partial charge < -0.3 is 4.74 Å². The molecule has 0 N–H and O–H groups in total. The normalized spacial score (nSPS) is 48.4. The van der Waals surface area contributed by atoms with Crippen LogP contribution in [-0.2, 0) is 4.74 Å². The van der Waals surface area contributed by atoms with Crippen molar-refractivity contribution in [1.29, 1.82) is 0 Å². The molecule has 1 heteroatoms. The van der Waals surface area contributed by atoms with E-state index < -0.39 is 0 Å². The lowest BCUT2D eigenvalue weighted by Gasteiger charge is -2.61. The molecule has 4 rings (SSSR count). The standard InChI is InChI=1S/C26H46O/c1-18(17-27-24(2,3)4)21-12-13-22-20-11-10-19-9-7-8-15-25(19,5)23(20)14-16-26(21,22)6/h18-23H,7-17H2,1-6H3/t18?,19-,20+,21-,22+,23+,25+,26-/m1/s1. The van der Waals surface area contributed by atoms with Crippen LogP contribution in [0.1, 0.15) is 106 Å². The van der Waals surface area contributed by atoms with Gasteiger partial charge in [0, 0.05) is 0 Å². The summed E-state index contributed by atoms with van der Waals surface area (Å²) in [6.45, 7) is 15.4. The predicted molar refractivity (Wildman–Crippen MR) is 115 cm³/mol. The summed E-state index contributed by atoms with van der Waals surface area (Å²) in [5, 5.41) is 0. The second kappa shape index (κ2) is 7.03. The van der Waals surface area contributed by atoms with Crippen molar-refractivity contribution in [3.8, 4) is 0 Å². The monoisotopic (exact) mass is 374 g/mol. The average Bonchev–Trinajstić information content (AvgIpc) is 2.96. The van der Waals surface area contributed by atoms with Crippen LogP contribution in [0.15, 0.2) is 0 Å². The van der Waals surface area contributed by atoms with Crippen LogP contribution >= 0.6 is 0 Å². The summed E-state index contributed by atoms with van der Waals surface area (Å²) in [4.78, 5) is 0. The molecule has 4 fully saturated rings. The zero-order chi connectivity index (χ0) is 19.4. The van der Waals surface area contributed by atoms with E-state index in [1.165, 1.54) is 57.8 Å². The molecule has 0 aromatic rings. The topological polar surface area (TPSA) is 9.23 Å². The summed E-state index contributed by atoms with van der Waals surface area (Å²) in [5.74, 6) is 5.70. The van der Waals surface area contributed by atoms with E-state index >= 15 is 0 Å². The second-order valence-corrected chi connectivity index (χ2v) is 12.5. The van der Waals surface area contributed by atoms with Crippen molar-refractivity contribution in [2.45, 2.75) is 111 Å². The quantitative estimate of drug-likeness (QED) is 0.497. The van der Waals surface area contributed by atoms with Gasteiger partial charge >= 0.3 is 0 Å². The minimum absolute atomic E-state index is 0.00120. The van der Waals surface area contributed by atoms with E-state index in [4.69, 9.17) is 4.74 Å². The Labute approximate surface area is 169 Å². The fourth-order valence-corrected chi connectivity index (χ4v) is 8.77. The minimum Gasteiger partial charge on any atom is -0.376 e. The Bertz CT molecular complexity index is 533. The highest BCUT2D eigenvalue weighted by Gasteiger charge is 2.60. The molecule has 0 saturated heterocycles. The Hall–Kier alpha value is -0.0400. The molecule has 0 aromatic carbocycles. The van der Waals surface area contributed by atoms with E-state index in [-0.39, 0.29) is 5.60 Å². The van der Waals surface area contributed by atoms with Gasteiger partial charge in [-0.15, -0.1) is 0 Å². The van der Waals surface area contributed by atoms with Gasteiger partial charge in [-0.25, -0.2) is 0 Å². The predicted octanol–water partition coefficient (Wildman–Crippen LogP) is 7.49. The highest BCUT2D eigenvalue weighted by atomic mass is 16.5. The Morgan fingerprint density at radius 1 is 0.852 bits per heavy atom. The summed E-state index contributed by atoms with van der Waals surface area (Å²) < 4.78 is 6.22. The first-order valence-corrected chi connectivity index (χ1v) is 12.3. The van der Waals surface area contributed by atoms with Gasteiger partial charge in [-0.3, -0.25) is 0 Å². The van der Waals surface area contributed by atoms with Crippen molar-refractivity contribution < 1.29 is 4.74 Å².